The van der Waals surface area contributed by atoms with Crippen molar-refractivity contribution in [3.05, 3.63) is 59.3 Å². The number of hydrogen-bond donors (Lipinski definition) is 2. The number of aromatic nitrogens is 2. The monoisotopic (exact) mass is 327 g/mol. The molecule has 124 valence electrons. The molecule has 6 heteroatoms. The van der Waals surface area contributed by atoms with Gasteiger partial charge in [0.15, 0.2) is 0 Å². The maximum absolute atomic E-state index is 13.6. The van der Waals surface area contributed by atoms with Crippen molar-refractivity contribution in [2.24, 2.45) is 0 Å². The number of hydrogen-bond acceptors (Lipinski definition) is 3. The fourth-order valence-electron chi connectivity index (χ4n) is 2.69. The molecule has 1 aromatic carbocycles. The Labute approximate surface area is 138 Å². The van der Waals surface area contributed by atoms with E-state index >= 15 is 0 Å². The summed E-state index contributed by atoms with van der Waals surface area (Å²) in [6.07, 6.45) is 2.71. The van der Waals surface area contributed by atoms with Gasteiger partial charge in [-0.1, -0.05) is 13.3 Å². The van der Waals surface area contributed by atoms with Gasteiger partial charge in [0.05, 0.1) is 5.69 Å². The number of rotatable bonds is 4. The van der Waals surface area contributed by atoms with Crippen LogP contribution in [0.3, 0.4) is 0 Å². The topological polar surface area (TPSA) is 66.6 Å². The number of phenols is 1. The van der Waals surface area contributed by atoms with E-state index in [9.17, 15) is 14.3 Å². The average Bonchev–Trinajstić information content (AvgIpc) is 2.87. The van der Waals surface area contributed by atoms with Crippen molar-refractivity contribution >= 4 is 17.2 Å². The van der Waals surface area contributed by atoms with Crippen molar-refractivity contribution in [3.8, 4) is 5.75 Å². The van der Waals surface area contributed by atoms with Gasteiger partial charge in [-0.15, -0.1) is 0 Å². The summed E-state index contributed by atoms with van der Waals surface area (Å²) in [4.78, 5) is 17.2. The molecule has 5 nitrogen and oxygen atoms in total. The van der Waals surface area contributed by atoms with Crippen LogP contribution in [0, 0.1) is 12.7 Å². The summed E-state index contributed by atoms with van der Waals surface area (Å²) < 4.78 is 15.1. The van der Waals surface area contributed by atoms with Crippen LogP contribution in [0.2, 0.25) is 0 Å². The molecule has 0 saturated carbocycles. The number of nitrogens with zero attached hydrogens (tertiary/aromatic N) is 2. The van der Waals surface area contributed by atoms with Crippen LogP contribution in [-0.2, 0) is 6.42 Å². The maximum Gasteiger partial charge on any atom is 0.274 e. The zero-order valence-electron chi connectivity index (χ0n) is 13.5. The number of aryl methyl sites for hydroxylation is 2. The standard InChI is InChI=1S/C18H18FN3O2/c1-3-4-15-17(22-10-12(19)5-8-16(22)20-15)18(24)21-14-7-6-13(23)9-11(14)2/h5-10,23H,3-4H2,1-2H3,(H,21,24). The first-order valence-corrected chi connectivity index (χ1v) is 7.77. The number of pyridine rings is 1. The molecule has 0 saturated heterocycles. The van der Waals surface area contributed by atoms with E-state index in [0.29, 0.717) is 29.1 Å². The highest BCUT2D eigenvalue weighted by Gasteiger charge is 2.20. The Morgan fingerprint density at radius 1 is 1.33 bits per heavy atom. The van der Waals surface area contributed by atoms with E-state index in [2.05, 4.69) is 10.3 Å². The van der Waals surface area contributed by atoms with E-state index in [1.54, 1.807) is 25.1 Å². The highest BCUT2D eigenvalue weighted by Crippen LogP contribution is 2.22. The van der Waals surface area contributed by atoms with Crippen LogP contribution in [0.5, 0.6) is 5.75 Å². The van der Waals surface area contributed by atoms with E-state index in [1.807, 2.05) is 6.92 Å². The van der Waals surface area contributed by atoms with Gasteiger partial charge in [-0.3, -0.25) is 9.20 Å². The number of carbonyl (C=O) groups excluding carboxylic acids is 1. The Kier molecular flexibility index (Phi) is 4.20. The average molecular weight is 327 g/mol. The largest absolute Gasteiger partial charge is 0.508 e. The number of amides is 1. The van der Waals surface area contributed by atoms with Gasteiger partial charge in [-0.25, -0.2) is 9.37 Å². The van der Waals surface area contributed by atoms with Crippen molar-refractivity contribution in [1.29, 1.82) is 0 Å². The predicted octanol–water partition coefficient (Wildman–Crippen LogP) is 3.69. The molecule has 0 atom stereocenters. The first-order valence-electron chi connectivity index (χ1n) is 7.77. The van der Waals surface area contributed by atoms with E-state index < -0.39 is 5.82 Å². The first-order chi connectivity index (χ1) is 11.5. The van der Waals surface area contributed by atoms with Crippen LogP contribution in [0.25, 0.3) is 5.65 Å². The molecule has 0 spiro atoms. The molecule has 0 aliphatic heterocycles. The van der Waals surface area contributed by atoms with Crippen molar-refractivity contribution in [3.63, 3.8) is 0 Å². The number of phenolic OH excluding ortho intramolecular Hbond substituents is 1. The molecule has 0 aliphatic rings. The van der Waals surface area contributed by atoms with Crippen LogP contribution in [0.4, 0.5) is 10.1 Å². The summed E-state index contributed by atoms with van der Waals surface area (Å²) >= 11 is 0. The molecule has 2 heterocycles. The molecule has 24 heavy (non-hydrogen) atoms. The summed E-state index contributed by atoms with van der Waals surface area (Å²) in [7, 11) is 0. The number of carbonyl (C=O) groups is 1. The first kappa shape index (κ1) is 16.0. The van der Waals surface area contributed by atoms with E-state index in [1.165, 1.54) is 22.7 Å². The minimum Gasteiger partial charge on any atom is -0.508 e. The smallest absolute Gasteiger partial charge is 0.274 e. The second-order valence-corrected chi connectivity index (χ2v) is 5.69. The maximum atomic E-state index is 13.6. The fraction of sp³-hybridized carbons (Fsp3) is 0.222. The molecule has 2 aromatic heterocycles. The van der Waals surface area contributed by atoms with Gasteiger partial charge in [0.1, 0.15) is 22.9 Å². The number of benzene rings is 1. The molecule has 0 unspecified atom stereocenters. The van der Waals surface area contributed by atoms with Crippen LogP contribution < -0.4 is 5.32 Å². The Hall–Kier alpha value is -2.89. The molecule has 0 bridgehead atoms. The van der Waals surface area contributed by atoms with Crippen LogP contribution in [0.15, 0.2) is 36.5 Å². The zero-order chi connectivity index (χ0) is 17.3. The van der Waals surface area contributed by atoms with Gasteiger partial charge in [0.2, 0.25) is 0 Å². The Balaban J connectivity index is 2.04. The number of nitrogens with one attached hydrogen (secondary N) is 1. The van der Waals surface area contributed by atoms with Crippen LogP contribution in [0.1, 0.15) is 35.1 Å². The number of anilines is 1. The normalized spacial score (nSPS) is 11.0. The van der Waals surface area contributed by atoms with Gasteiger partial charge in [0, 0.05) is 11.9 Å². The van der Waals surface area contributed by atoms with Crippen LogP contribution in [-0.4, -0.2) is 20.4 Å². The Bertz CT molecular complexity index is 918. The second kappa shape index (κ2) is 6.31. The summed E-state index contributed by atoms with van der Waals surface area (Å²) in [6, 6.07) is 7.58. The SMILES string of the molecule is CCCc1nc2ccc(F)cn2c1C(=O)Nc1ccc(O)cc1C. The highest BCUT2D eigenvalue weighted by atomic mass is 19.1. The summed E-state index contributed by atoms with van der Waals surface area (Å²) in [5.74, 6) is -0.655. The van der Waals surface area contributed by atoms with Crippen LogP contribution >= 0.6 is 0 Å². The molecular weight excluding hydrogens is 309 g/mol. The van der Waals surface area contributed by atoms with Crippen molar-refractivity contribution in [2.45, 2.75) is 26.7 Å². The van der Waals surface area contributed by atoms with Crippen molar-refractivity contribution in [2.75, 3.05) is 5.32 Å². The molecule has 0 aliphatic carbocycles. The number of halogens is 1. The molecule has 3 rings (SSSR count). The predicted molar refractivity (Wildman–Crippen MR) is 89.9 cm³/mol. The molecule has 0 fully saturated rings. The van der Waals surface area contributed by atoms with Gasteiger partial charge >= 0.3 is 0 Å². The van der Waals surface area contributed by atoms with Gasteiger partial charge in [0.25, 0.3) is 5.91 Å². The van der Waals surface area contributed by atoms with Gasteiger partial charge in [-0.05, 0) is 49.2 Å². The lowest BCUT2D eigenvalue weighted by molar-refractivity contribution is 0.102. The quantitative estimate of drug-likeness (QED) is 0.718. The minimum absolute atomic E-state index is 0.133. The van der Waals surface area contributed by atoms with Crippen molar-refractivity contribution < 1.29 is 14.3 Å². The lowest BCUT2D eigenvalue weighted by atomic mass is 10.1. The second-order valence-electron chi connectivity index (χ2n) is 5.69. The van der Waals surface area contributed by atoms with Crippen molar-refractivity contribution in [1.82, 2.24) is 9.38 Å². The zero-order valence-corrected chi connectivity index (χ0v) is 13.5. The van der Waals surface area contributed by atoms with E-state index in [-0.39, 0.29) is 11.7 Å². The molecule has 2 N–H and O–H groups in total. The van der Waals surface area contributed by atoms with Gasteiger partial charge in [-0.2, -0.15) is 0 Å². The highest BCUT2D eigenvalue weighted by molar-refractivity contribution is 6.05. The Morgan fingerprint density at radius 2 is 2.12 bits per heavy atom. The lowest BCUT2D eigenvalue weighted by Gasteiger charge is -2.10. The van der Waals surface area contributed by atoms with Gasteiger partial charge < -0.3 is 10.4 Å². The number of aromatic hydroxyl groups is 1. The van der Waals surface area contributed by atoms with E-state index in [4.69, 9.17) is 0 Å². The lowest BCUT2D eigenvalue weighted by Crippen LogP contribution is -2.17. The molecule has 1 amide bonds. The fourth-order valence-corrected chi connectivity index (χ4v) is 2.69. The summed E-state index contributed by atoms with van der Waals surface area (Å²) in [5, 5.41) is 12.3. The molecule has 0 radical (unpaired) electrons. The Morgan fingerprint density at radius 3 is 2.83 bits per heavy atom. The summed E-state index contributed by atoms with van der Waals surface area (Å²) in [6.45, 7) is 3.78. The molecular formula is C18H18FN3O2. The minimum atomic E-state index is -0.433. The third kappa shape index (κ3) is 2.95. The number of fused-ring (bicyclic) bond motifs is 1. The third-order valence-electron chi connectivity index (χ3n) is 3.81. The van der Waals surface area contributed by atoms with E-state index in [0.717, 1.165) is 12.0 Å². The third-order valence-corrected chi connectivity index (χ3v) is 3.81. The number of imidazole rings is 1. The summed E-state index contributed by atoms with van der Waals surface area (Å²) in [5.41, 5.74) is 2.83. The molecule has 3 aromatic rings.